The number of aryl methyl sites for hydroxylation is 2. The van der Waals surface area contributed by atoms with Gasteiger partial charge in [-0.05, 0) is 69.4 Å². The molecule has 1 heterocycles. The van der Waals surface area contributed by atoms with Crippen molar-refractivity contribution in [2.24, 2.45) is 5.92 Å². The van der Waals surface area contributed by atoms with Crippen molar-refractivity contribution in [2.75, 3.05) is 26.7 Å². The fourth-order valence-corrected chi connectivity index (χ4v) is 3.47. The summed E-state index contributed by atoms with van der Waals surface area (Å²) < 4.78 is 0. The molecule has 1 aliphatic heterocycles. The second kappa shape index (κ2) is 7.95. The minimum Gasteiger partial charge on any atom is -0.312 e. The first kappa shape index (κ1) is 16.5. The fraction of sp³-hybridized carbons (Fsp3) is 0.684. The van der Waals surface area contributed by atoms with E-state index in [1.54, 1.807) is 0 Å². The third-order valence-corrected chi connectivity index (χ3v) is 5.13. The highest BCUT2D eigenvalue weighted by Crippen LogP contribution is 2.24. The zero-order valence-electron chi connectivity index (χ0n) is 14.3. The van der Waals surface area contributed by atoms with Crippen molar-refractivity contribution in [1.82, 2.24) is 10.2 Å². The lowest BCUT2D eigenvalue weighted by Crippen LogP contribution is -2.39. The van der Waals surface area contributed by atoms with Gasteiger partial charge in [-0.15, -0.1) is 0 Å². The van der Waals surface area contributed by atoms with Gasteiger partial charge < -0.3 is 10.2 Å². The Kier molecular flexibility index (Phi) is 6.25. The Morgan fingerprint density at radius 1 is 1.19 bits per heavy atom. The van der Waals surface area contributed by atoms with Gasteiger partial charge in [0, 0.05) is 12.6 Å². The van der Waals surface area contributed by atoms with Gasteiger partial charge in [-0.3, -0.25) is 0 Å². The van der Waals surface area contributed by atoms with Crippen molar-refractivity contribution in [3.8, 4) is 0 Å². The Morgan fingerprint density at radius 2 is 1.90 bits per heavy atom. The molecule has 1 fully saturated rings. The maximum absolute atomic E-state index is 3.51. The molecule has 1 aromatic carbocycles. The van der Waals surface area contributed by atoms with Gasteiger partial charge in [0.2, 0.25) is 0 Å². The van der Waals surface area contributed by atoms with Crippen molar-refractivity contribution < 1.29 is 0 Å². The zero-order chi connectivity index (χ0) is 15.2. The molecular weight excluding hydrogens is 256 g/mol. The molecule has 0 bridgehead atoms. The molecule has 0 amide bonds. The topological polar surface area (TPSA) is 15.3 Å². The van der Waals surface area contributed by atoms with Crippen LogP contribution in [0.25, 0.3) is 0 Å². The summed E-state index contributed by atoms with van der Waals surface area (Å²) in [5, 5.41) is 3.51. The number of likely N-dealkylation sites (N-methyl/N-ethyl adjacent to an activating group) is 1. The average molecular weight is 288 g/mol. The molecule has 0 radical (unpaired) electrons. The van der Waals surface area contributed by atoms with E-state index < -0.39 is 0 Å². The molecule has 21 heavy (non-hydrogen) atoms. The smallest absolute Gasteiger partial charge is 0.0446 e. The van der Waals surface area contributed by atoms with Crippen molar-refractivity contribution >= 4 is 0 Å². The monoisotopic (exact) mass is 288 g/mol. The normalized spacial score (nSPS) is 18.9. The summed E-state index contributed by atoms with van der Waals surface area (Å²) in [6.07, 6.45) is 5.53. The lowest BCUT2D eigenvalue weighted by molar-refractivity contribution is 0.165. The van der Waals surface area contributed by atoms with Crippen LogP contribution in [0.15, 0.2) is 18.2 Å². The molecular formula is C19H32N2. The number of hydrogen-bond donors (Lipinski definition) is 1. The van der Waals surface area contributed by atoms with Crippen LogP contribution in [0.2, 0.25) is 0 Å². The van der Waals surface area contributed by atoms with Crippen molar-refractivity contribution in [3.05, 3.63) is 34.9 Å². The predicted octanol–water partition coefficient (Wildman–Crippen LogP) is 4.08. The van der Waals surface area contributed by atoms with Gasteiger partial charge in [0.05, 0.1) is 0 Å². The summed E-state index contributed by atoms with van der Waals surface area (Å²) in [7, 11) is 2.09. The molecule has 1 atom stereocenters. The van der Waals surface area contributed by atoms with Crippen LogP contribution in [0, 0.1) is 19.8 Å². The van der Waals surface area contributed by atoms with E-state index in [4.69, 9.17) is 0 Å². The summed E-state index contributed by atoms with van der Waals surface area (Å²) in [4.78, 5) is 2.64. The molecule has 2 rings (SSSR count). The minimum atomic E-state index is 0.451. The van der Waals surface area contributed by atoms with Crippen LogP contribution in [0.3, 0.4) is 0 Å². The molecule has 1 saturated heterocycles. The van der Waals surface area contributed by atoms with Crippen LogP contribution in [-0.2, 0) is 0 Å². The number of hydrogen-bond acceptors (Lipinski definition) is 2. The highest BCUT2D eigenvalue weighted by atomic mass is 15.1. The molecule has 0 saturated carbocycles. The second-order valence-corrected chi connectivity index (χ2v) is 6.72. The zero-order valence-corrected chi connectivity index (χ0v) is 14.3. The summed E-state index contributed by atoms with van der Waals surface area (Å²) in [5.74, 6) is 0.973. The molecule has 1 aromatic rings. The highest BCUT2D eigenvalue weighted by molar-refractivity contribution is 5.31. The van der Waals surface area contributed by atoms with Gasteiger partial charge in [0.15, 0.2) is 0 Å². The van der Waals surface area contributed by atoms with Crippen LogP contribution in [-0.4, -0.2) is 31.6 Å². The molecule has 118 valence electrons. The Bertz CT molecular complexity index is 433. The first-order chi connectivity index (χ1) is 10.1. The first-order valence-corrected chi connectivity index (χ1v) is 8.60. The largest absolute Gasteiger partial charge is 0.312 e. The Labute approximate surface area is 130 Å². The average Bonchev–Trinajstić information content (AvgIpc) is 2.50. The standard InChI is InChI=1S/C19H32N2/c1-5-6-17-9-11-21(12-10-17)14-19(20-4)18-8-7-15(2)16(3)13-18/h7-8,13,17,19-20H,5-6,9-12,14H2,1-4H3. The lowest BCUT2D eigenvalue weighted by Gasteiger charge is -2.34. The van der Waals surface area contributed by atoms with Crippen LogP contribution in [0.5, 0.6) is 0 Å². The van der Waals surface area contributed by atoms with E-state index in [0.29, 0.717) is 6.04 Å². The van der Waals surface area contributed by atoms with Gasteiger partial charge >= 0.3 is 0 Å². The first-order valence-electron chi connectivity index (χ1n) is 8.60. The molecule has 1 unspecified atom stereocenters. The van der Waals surface area contributed by atoms with Crippen LogP contribution >= 0.6 is 0 Å². The van der Waals surface area contributed by atoms with Gasteiger partial charge in [-0.25, -0.2) is 0 Å². The van der Waals surface area contributed by atoms with E-state index in [9.17, 15) is 0 Å². The number of likely N-dealkylation sites (tertiary alicyclic amines) is 1. The molecule has 1 N–H and O–H groups in total. The maximum atomic E-state index is 3.51. The van der Waals surface area contributed by atoms with Gasteiger partial charge in [0.1, 0.15) is 0 Å². The molecule has 1 aliphatic rings. The SMILES string of the molecule is CCCC1CCN(CC(NC)c2ccc(C)c(C)c2)CC1. The van der Waals surface area contributed by atoms with Crippen molar-refractivity contribution in [1.29, 1.82) is 0 Å². The van der Waals surface area contributed by atoms with Crippen LogP contribution in [0.1, 0.15) is 55.3 Å². The number of rotatable bonds is 6. The van der Waals surface area contributed by atoms with Crippen molar-refractivity contribution in [3.63, 3.8) is 0 Å². The lowest BCUT2D eigenvalue weighted by atomic mass is 9.92. The maximum Gasteiger partial charge on any atom is 0.0446 e. The number of nitrogens with zero attached hydrogens (tertiary/aromatic N) is 1. The molecule has 0 spiro atoms. The van der Waals surface area contributed by atoms with E-state index >= 15 is 0 Å². The van der Waals surface area contributed by atoms with E-state index in [0.717, 1.165) is 12.5 Å². The van der Waals surface area contributed by atoms with E-state index in [-0.39, 0.29) is 0 Å². The van der Waals surface area contributed by atoms with Crippen LogP contribution in [0.4, 0.5) is 0 Å². The fourth-order valence-electron chi connectivity index (χ4n) is 3.47. The van der Waals surface area contributed by atoms with Crippen molar-refractivity contribution in [2.45, 2.75) is 52.5 Å². The number of piperidine rings is 1. The van der Waals surface area contributed by atoms with Gasteiger partial charge in [0.25, 0.3) is 0 Å². The molecule has 0 aliphatic carbocycles. The number of nitrogens with one attached hydrogen (secondary N) is 1. The summed E-state index contributed by atoms with van der Waals surface area (Å²) in [6.45, 7) is 10.4. The summed E-state index contributed by atoms with van der Waals surface area (Å²) >= 11 is 0. The summed E-state index contributed by atoms with van der Waals surface area (Å²) in [6, 6.07) is 7.34. The third-order valence-electron chi connectivity index (χ3n) is 5.13. The molecule has 2 heteroatoms. The van der Waals surface area contributed by atoms with Gasteiger partial charge in [-0.1, -0.05) is 38.0 Å². The Hall–Kier alpha value is -0.860. The Balaban J connectivity index is 1.92. The van der Waals surface area contributed by atoms with E-state index in [2.05, 4.69) is 56.2 Å². The molecule has 0 aromatic heterocycles. The van der Waals surface area contributed by atoms with Gasteiger partial charge in [-0.2, -0.15) is 0 Å². The predicted molar refractivity (Wildman–Crippen MR) is 91.8 cm³/mol. The minimum absolute atomic E-state index is 0.451. The van der Waals surface area contributed by atoms with E-state index in [1.807, 2.05) is 0 Å². The summed E-state index contributed by atoms with van der Waals surface area (Å²) in [5.41, 5.74) is 4.21. The third kappa shape index (κ3) is 4.55. The molecule has 2 nitrogen and oxygen atoms in total. The quantitative estimate of drug-likeness (QED) is 0.848. The van der Waals surface area contributed by atoms with E-state index in [1.165, 1.54) is 55.5 Å². The van der Waals surface area contributed by atoms with Crippen LogP contribution < -0.4 is 5.32 Å². The second-order valence-electron chi connectivity index (χ2n) is 6.72. The number of benzene rings is 1. The highest BCUT2D eigenvalue weighted by Gasteiger charge is 2.21. The Morgan fingerprint density at radius 3 is 2.48 bits per heavy atom.